The van der Waals surface area contributed by atoms with Crippen molar-refractivity contribution in [2.45, 2.75) is 0 Å². The van der Waals surface area contributed by atoms with Crippen molar-refractivity contribution < 1.29 is 9.34 Å². The molecule has 0 radical (unpaired) electrons. The maximum absolute atomic E-state index is 10.6. The van der Waals surface area contributed by atoms with Gasteiger partial charge in [0.1, 0.15) is 11.8 Å². The van der Waals surface area contributed by atoms with Crippen molar-refractivity contribution in [2.24, 2.45) is 0 Å². The highest BCUT2D eigenvalue weighted by molar-refractivity contribution is 5.64. The molecule has 7 nitrogen and oxygen atoms in total. The number of pyridine rings is 1. The summed E-state index contributed by atoms with van der Waals surface area (Å²) in [5.41, 5.74) is 0.110. The van der Waals surface area contributed by atoms with Crippen LogP contribution >= 0.6 is 0 Å². The van der Waals surface area contributed by atoms with E-state index >= 15 is 0 Å². The molecule has 0 unspecified atom stereocenters. The van der Waals surface area contributed by atoms with Gasteiger partial charge in [0.25, 0.3) is 11.6 Å². The number of nitrogens with zero attached hydrogens (tertiary/aromatic N) is 4. The maximum atomic E-state index is 10.6. The van der Waals surface area contributed by atoms with Crippen LogP contribution in [0.5, 0.6) is 0 Å². The van der Waals surface area contributed by atoms with Crippen LogP contribution in [0.1, 0.15) is 0 Å². The molecule has 2 aromatic rings. The molecule has 0 amide bonds. The zero-order valence-corrected chi connectivity index (χ0v) is 6.82. The second-order valence-electron chi connectivity index (χ2n) is 2.39. The Balaban J connectivity index is 2.58. The minimum absolute atomic E-state index is 0.110. The Morgan fingerprint density at radius 1 is 1.50 bits per heavy atom. The molecule has 70 valence electrons. The summed E-state index contributed by atoms with van der Waals surface area (Å²) in [7, 11) is 0. The minimum Gasteiger partial charge on any atom is -0.423 e. The zero-order valence-electron chi connectivity index (χ0n) is 6.82. The molecule has 0 aromatic carbocycles. The van der Waals surface area contributed by atoms with Crippen LogP contribution in [0.25, 0.3) is 11.5 Å². The molecule has 0 fully saturated rings. The summed E-state index contributed by atoms with van der Waals surface area (Å²) in [5, 5.41) is 17.6. The lowest BCUT2D eigenvalue weighted by molar-refractivity contribution is -0.384. The fourth-order valence-electron chi connectivity index (χ4n) is 1.00. The summed E-state index contributed by atoms with van der Waals surface area (Å²) in [4.78, 5) is 13.7. The number of hydrogen-bond acceptors (Lipinski definition) is 6. The predicted molar refractivity (Wildman–Crippen MR) is 44.2 cm³/mol. The molecule has 0 aliphatic carbocycles. The molecule has 0 aliphatic rings. The topological polar surface area (TPSA) is 95.0 Å². The molecule has 14 heavy (non-hydrogen) atoms. The molecule has 0 saturated heterocycles. The van der Waals surface area contributed by atoms with Crippen LogP contribution in [0.3, 0.4) is 0 Å². The summed E-state index contributed by atoms with van der Waals surface area (Å²) in [6.07, 6.45) is 3.67. The van der Waals surface area contributed by atoms with E-state index in [1.807, 2.05) is 0 Å². The number of rotatable bonds is 2. The van der Waals surface area contributed by atoms with E-state index in [0.29, 0.717) is 0 Å². The van der Waals surface area contributed by atoms with E-state index in [2.05, 4.69) is 15.2 Å². The van der Waals surface area contributed by atoms with Gasteiger partial charge in [-0.25, -0.2) is 0 Å². The van der Waals surface area contributed by atoms with Gasteiger partial charge in [-0.3, -0.25) is 15.1 Å². The fourth-order valence-corrected chi connectivity index (χ4v) is 1.00. The number of aromatic nitrogens is 3. The normalized spacial score (nSPS) is 10.0. The van der Waals surface area contributed by atoms with Crippen molar-refractivity contribution >= 4 is 5.69 Å². The van der Waals surface area contributed by atoms with Gasteiger partial charge in [-0.2, -0.15) is 0 Å². The second-order valence-corrected chi connectivity index (χ2v) is 2.39. The van der Waals surface area contributed by atoms with Crippen LogP contribution in [0.4, 0.5) is 5.69 Å². The Morgan fingerprint density at radius 2 is 2.36 bits per heavy atom. The quantitative estimate of drug-likeness (QED) is 0.521. The third-order valence-corrected chi connectivity index (χ3v) is 1.59. The Kier molecular flexibility index (Phi) is 1.90. The Bertz CT molecular complexity index is 454. The van der Waals surface area contributed by atoms with Gasteiger partial charge < -0.3 is 4.42 Å². The van der Waals surface area contributed by atoms with Crippen molar-refractivity contribution in [3.63, 3.8) is 0 Å². The summed E-state index contributed by atoms with van der Waals surface area (Å²) in [6.45, 7) is 0. The van der Waals surface area contributed by atoms with Crippen LogP contribution in [0, 0.1) is 10.1 Å². The minimum atomic E-state index is -0.549. The van der Waals surface area contributed by atoms with Crippen LogP contribution < -0.4 is 0 Å². The van der Waals surface area contributed by atoms with Gasteiger partial charge in [-0.15, -0.1) is 10.2 Å². The van der Waals surface area contributed by atoms with Crippen molar-refractivity contribution in [1.29, 1.82) is 0 Å². The molecule has 0 spiro atoms. The Hall–Kier alpha value is -2.31. The maximum Gasteiger partial charge on any atom is 0.300 e. The monoisotopic (exact) mass is 192 g/mol. The summed E-state index contributed by atoms with van der Waals surface area (Å²) in [5.74, 6) is 0.110. The van der Waals surface area contributed by atoms with Gasteiger partial charge in [0, 0.05) is 6.20 Å². The smallest absolute Gasteiger partial charge is 0.300 e. The largest absolute Gasteiger partial charge is 0.423 e. The standard InChI is InChI=1S/C7H4N4O3/c12-11(13)6-3-8-2-1-5(6)7-10-9-4-14-7/h1-4H. The predicted octanol–water partition coefficient (Wildman–Crippen LogP) is 1.04. The molecule has 0 N–H and O–H groups in total. The van der Waals surface area contributed by atoms with E-state index in [-0.39, 0.29) is 17.1 Å². The van der Waals surface area contributed by atoms with Crippen LogP contribution in [0.2, 0.25) is 0 Å². The zero-order chi connectivity index (χ0) is 9.97. The summed E-state index contributed by atoms with van der Waals surface area (Å²) in [6, 6.07) is 1.45. The highest BCUT2D eigenvalue weighted by Gasteiger charge is 2.18. The molecular formula is C7H4N4O3. The van der Waals surface area contributed by atoms with Crippen LogP contribution in [0.15, 0.2) is 29.3 Å². The molecule has 0 bridgehead atoms. The van der Waals surface area contributed by atoms with E-state index in [1.165, 1.54) is 12.3 Å². The van der Waals surface area contributed by atoms with Crippen molar-refractivity contribution in [3.05, 3.63) is 35.0 Å². The molecule has 7 heteroatoms. The molecule has 0 atom stereocenters. The van der Waals surface area contributed by atoms with Crippen molar-refractivity contribution in [3.8, 4) is 11.5 Å². The van der Waals surface area contributed by atoms with Gasteiger partial charge in [-0.1, -0.05) is 0 Å². The van der Waals surface area contributed by atoms with E-state index in [1.54, 1.807) is 0 Å². The molecular weight excluding hydrogens is 188 g/mol. The van der Waals surface area contributed by atoms with Crippen molar-refractivity contribution in [1.82, 2.24) is 15.2 Å². The van der Waals surface area contributed by atoms with E-state index < -0.39 is 4.92 Å². The van der Waals surface area contributed by atoms with Crippen LogP contribution in [-0.4, -0.2) is 20.1 Å². The first-order valence-electron chi connectivity index (χ1n) is 3.64. The molecule has 0 aliphatic heterocycles. The average Bonchev–Trinajstić information content (AvgIpc) is 2.70. The van der Waals surface area contributed by atoms with Crippen molar-refractivity contribution in [2.75, 3.05) is 0 Å². The van der Waals surface area contributed by atoms with Gasteiger partial charge in [0.15, 0.2) is 0 Å². The molecule has 0 saturated carbocycles. The van der Waals surface area contributed by atoms with Crippen LogP contribution in [-0.2, 0) is 0 Å². The SMILES string of the molecule is O=[N+]([O-])c1cnccc1-c1nnco1. The summed E-state index contributed by atoms with van der Waals surface area (Å²) >= 11 is 0. The summed E-state index contributed by atoms with van der Waals surface area (Å²) < 4.78 is 4.86. The third-order valence-electron chi connectivity index (χ3n) is 1.59. The highest BCUT2D eigenvalue weighted by Crippen LogP contribution is 2.26. The van der Waals surface area contributed by atoms with Gasteiger partial charge in [-0.05, 0) is 6.07 Å². The average molecular weight is 192 g/mol. The first-order valence-corrected chi connectivity index (χ1v) is 3.64. The number of nitro groups is 1. The highest BCUT2D eigenvalue weighted by atomic mass is 16.6. The molecule has 2 rings (SSSR count). The first kappa shape index (κ1) is 8.30. The van der Waals surface area contributed by atoms with E-state index in [4.69, 9.17) is 4.42 Å². The lowest BCUT2D eigenvalue weighted by Crippen LogP contribution is -1.92. The van der Waals surface area contributed by atoms with E-state index in [9.17, 15) is 10.1 Å². The second kappa shape index (κ2) is 3.21. The van der Waals surface area contributed by atoms with E-state index in [0.717, 1.165) is 12.6 Å². The lowest BCUT2D eigenvalue weighted by atomic mass is 10.2. The fraction of sp³-hybridized carbons (Fsp3) is 0. The number of hydrogen-bond donors (Lipinski definition) is 0. The molecule has 2 aromatic heterocycles. The Morgan fingerprint density at radius 3 is 3.00 bits per heavy atom. The third kappa shape index (κ3) is 1.30. The Labute approximate surface area is 77.6 Å². The first-order chi connectivity index (χ1) is 6.79. The van der Waals surface area contributed by atoms with Gasteiger partial charge >= 0.3 is 0 Å². The molecule has 2 heterocycles. The van der Waals surface area contributed by atoms with Gasteiger partial charge in [0.2, 0.25) is 6.39 Å². The van der Waals surface area contributed by atoms with Gasteiger partial charge in [0.05, 0.1) is 4.92 Å². The lowest BCUT2D eigenvalue weighted by Gasteiger charge is -1.95.